The molecule has 3 heterocycles. The zero-order valence-corrected chi connectivity index (χ0v) is 22.8. The van der Waals surface area contributed by atoms with E-state index in [1.807, 2.05) is 67.6 Å². The quantitative estimate of drug-likeness (QED) is 0.335. The third-order valence-corrected chi connectivity index (χ3v) is 7.76. The van der Waals surface area contributed by atoms with Gasteiger partial charge >= 0.3 is 0 Å². The first-order valence-corrected chi connectivity index (χ1v) is 13.3. The van der Waals surface area contributed by atoms with Crippen molar-refractivity contribution in [1.82, 2.24) is 4.90 Å². The first-order chi connectivity index (χ1) is 19.4. The number of aliphatic hydroxyl groups excluding tert-OH is 1. The van der Waals surface area contributed by atoms with Gasteiger partial charge in [-0.05, 0) is 55.9 Å². The van der Waals surface area contributed by atoms with Gasteiger partial charge in [-0.2, -0.15) is 0 Å². The number of Topliss-reactive ketones (excluding diaryl/α,β-unsaturated/α-hetero) is 1. The number of furan rings is 1. The molecule has 1 amide bonds. The van der Waals surface area contributed by atoms with Gasteiger partial charge in [-0.3, -0.25) is 14.5 Å². The minimum Gasteiger partial charge on any atom is -0.503 e. The van der Waals surface area contributed by atoms with E-state index in [1.54, 1.807) is 12.1 Å². The Kier molecular flexibility index (Phi) is 6.56. The minimum atomic E-state index is -0.829. The molecule has 2 aliphatic rings. The second-order valence-electron chi connectivity index (χ2n) is 10.4. The number of amides is 1. The number of rotatable bonds is 6. The summed E-state index contributed by atoms with van der Waals surface area (Å²) in [6.45, 7) is 5.77. The Balaban J connectivity index is 1.40. The van der Waals surface area contributed by atoms with Crippen molar-refractivity contribution in [2.24, 2.45) is 0 Å². The topological polar surface area (TPSA) is 86.5 Å². The van der Waals surface area contributed by atoms with Crippen LogP contribution >= 0.6 is 0 Å². The van der Waals surface area contributed by atoms with E-state index in [9.17, 15) is 14.7 Å². The number of nitrogens with zero attached hydrogens (tertiary/aromatic N) is 3. The Hall–Kier alpha value is -4.56. The highest BCUT2D eigenvalue weighted by atomic mass is 16.5. The number of ether oxygens (including phenoxy) is 1. The number of benzene rings is 3. The molecule has 0 saturated carbocycles. The highest BCUT2D eigenvalue weighted by Crippen LogP contribution is 2.43. The maximum absolute atomic E-state index is 14.0. The summed E-state index contributed by atoms with van der Waals surface area (Å²) in [5, 5.41) is 11.9. The number of anilines is 2. The maximum Gasteiger partial charge on any atom is 0.294 e. The summed E-state index contributed by atoms with van der Waals surface area (Å²) < 4.78 is 11.3. The zero-order chi connectivity index (χ0) is 28.0. The van der Waals surface area contributed by atoms with Gasteiger partial charge in [0, 0.05) is 42.9 Å². The number of hydrogen-bond acceptors (Lipinski definition) is 7. The van der Waals surface area contributed by atoms with Gasteiger partial charge in [0.1, 0.15) is 0 Å². The molecule has 0 aliphatic carbocycles. The first-order valence-electron chi connectivity index (χ1n) is 13.3. The van der Waals surface area contributed by atoms with Crippen LogP contribution in [0.4, 0.5) is 11.4 Å². The van der Waals surface area contributed by atoms with E-state index < -0.39 is 23.5 Å². The van der Waals surface area contributed by atoms with Crippen LogP contribution in [0.2, 0.25) is 0 Å². The summed E-state index contributed by atoms with van der Waals surface area (Å²) in [5.41, 5.74) is 3.77. The van der Waals surface area contributed by atoms with Gasteiger partial charge in [-0.15, -0.1) is 0 Å². The van der Waals surface area contributed by atoms with Crippen LogP contribution < -0.4 is 14.5 Å². The van der Waals surface area contributed by atoms with Crippen molar-refractivity contribution in [2.45, 2.75) is 13.0 Å². The number of piperazine rings is 1. The molecule has 0 bridgehead atoms. The summed E-state index contributed by atoms with van der Waals surface area (Å²) in [6.07, 6.45) is 0. The van der Waals surface area contributed by atoms with Crippen LogP contribution in [0.25, 0.3) is 11.0 Å². The van der Waals surface area contributed by atoms with Crippen LogP contribution in [0, 0.1) is 6.92 Å². The van der Waals surface area contributed by atoms with Crippen molar-refractivity contribution in [3.05, 3.63) is 101 Å². The number of para-hydroxylation sites is 1. The van der Waals surface area contributed by atoms with E-state index >= 15 is 0 Å². The molecule has 4 aromatic rings. The molecule has 2 aliphatic heterocycles. The standard InChI is InChI=1S/C32H31N3O5/c1-20-6-4-7-21(18-20)28-27(29(36)26-19-22-8-5-9-25(39-3)31(22)40-26)30(37)32(38)35(28)24-12-10-23(11-13-24)34-16-14-33(2)15-17-34/h4-13,18-19,28,37H,14-17H2,1-3H3. The van der Waals surface area contributed by atoms with Crippen LogP contribution in [0.3, 0.4) is 0 Å². The number of likely N-dealkylation sites (N-methyl/N-ethyl adjacent to an activating group) is 1. The predicted molar refractivity (Wildman–Crippen MR) is 154 cm³/mol. The Morgan fingerprint density at radius 1 is 0.950 bits per heavy atom. The predicted octanol–water partition coefficient (Wildman–Crippen LogP) is 5.28. The number of aliphatic hydroxyl groups is 1. The lowest BCUT2D eigenvalue weighted by molar-refractivity contribution is -0.117. The van der Waals surface area contributed by atoms with Gasteiger partial charge in [0.15, 0.2) is 22.9 Å². The van der Waals surface area contributed by atoms with E-state index in [0.29, 0.717) is 22.4 Å². The largest absolute Gasteiger partial charge is 0.503 e. The lowest BCUT2D eigenvalue weighted by Gasteiger charge is -2.34. The van der Waals surface area contributed by atoms with Crippen molar-refractivity contribution in [3.8, 4) is 5.75 Å². The molecule has 0 radical (unpaired) electrons. The summed E-state index contributed by atoms with van der Waals surface area (Å²) in [4.78, 5) is 33.7. The number of hydrogen-bond donors (Lipinski definition) is 1. The fourth-order valence-corrected chi connectivity index (χ4v) is 5.59. The van der Waals surface area contributed by atoms with E-state index in [4.69, 9.17) is 9.15 Å². The second kappa shape index (κ2) is 10.2. The third-order valence-electron chi connectivity index (χ3n) is 7.76. The summed E-state index contributed by atoms with van der Waals surface area (Å²) in [6, 6.07) is 21.5. The van der Waals surface area contributed by atoms with E-state index in [2.05, 4.69) is 16.8 Å². The Labute approximate surface area is 232 Å². The average molecular weight is 538 g/mol. The van der Waals surface area contributed by atoms with E-state index in [-0.39, 0.29) is 11.3 Å². The van der Waals surface area contributed by atoms with Gasteiger partial charge in [0.25, 0.3) is 5.91 Å². The summed E-state index contributed by atoms with van der Waals surface area (Å²) in [5.74, 6) is -1.23. The molecule has 1 N–H and O–H groups in total. The molecule has 8 heteroatoms. The van der Waals surface area contributed by atoms with Gasteiger partial charge in [-0.25, -0.2) is 0 Å². The number of methoxy groups -OCH3 is 1. The van der Waals surface area contributed by atoms with Crippen LogP contribution in [0.15, 0.2) is 88.5 Å². The highest BCUT2D eigenvalue weighted by molar-refractivity contribution is 6.20. The molecule has 0 spiro atoms. The van der Waals surface area contributed by atoms with Crippen LogP contribution in [0.5, 0.6) is 5.75 Å². The Bertz CT molecular complexity index is 1630. The fourth-order valence-electron chi connectivity index (χ4n) is 5.59. The van der Waals surface area contributed by atoms with Crippen molar-refractivity contribution >= 4 is 34.0 Å². The van der Waals surface area contributed by atoms with Gasteiger partial charge in [-0.1, -0.05) is 42.0 Å². The first kappa shape index (κ1) is 25.7. The van der Waals surface area contributed by atoms with Crippen molar-refractivity contribution in [1.29, 1.82) is 0 Å². The Morgan fingerprint density at radius 2 is 1.65 bits per heavy atom. The number of carbonyl (C=O) groups is 2. The smallest absolute Gasteiger partial charge is 0.294 e. The summed E-state index contributed by atoms with van der Waals surface area (Å²) in [7, 11) is 3.65. The van der Waals surface area contributed by atoms with Crippen molar-refractivity contribution in [3.63, 3.8) is 0 Å². The molecule has 1 unspecified atom stereocenters. The van der Waals surface area contributed by atoms with E-state index in [0.717, 1.165) is 43.0 Å². The Morgan fingerprint density at radius 3 is 2.35 bits per heavy atom. The molecule has 1 atom stereocenters. The number of ketones is 1. The molecular formula is C32H31N3O5. The van der Waals surface area contributed by atoms with Crippen LogP contribution in [-0.2, 0) is 4.79 Å². The van der Waals surface area contributed by atoms with Gasteiger partial charge in [0.2, 0.25) is 5.78 Å². The van der Waals surface area contributed by atoms with Crippen molar-refractivity contribution < 1.29 is 23.8 Å². The molecule has 1 fully saturated rings. The molecule has 1 aromatic heterocycles. The SMILES string of the molecule is COc1cccc2cc(C(=O)C3=C(O)C(=O)N(c4ccc(N5CCN(C)CC5)cc4)C3c3cccc(C)c3)oc12. The second-order valence-corrected chi connectivity index (χ2v) is 10.4. The molecule has 3 aromatic carbocycles. The molecule has 40 heavy (non-hydrogen) atoms. The van der Waals surface area contributed by atoms with Gasteiger partial charge in [0.05, 0.1) is 18.7 Å². The molecule has 204 valence electrons. The molecule has 8 nitrogen and oxygen atoms in total. The van der Waals surface area contributed by atoms with Crippen molar-refractivity contribution in [2.75, 3.05) is 50.1 Å². The minimum absolute atomic E-state index is 0.0169. The number of carbonyl (C=O) groups excluding carboxylic acids is 2. The normalized spacial score (nSPS) is 18.2. The highest BCUT2D eigenvalue weighted by Gasteiger charge is 2.45. The monoisotopic (exact) mass is 537 g/mol. The lowest BCUT2D eigenvalue weighted by atomic mass is 9.94. The molecular weight excluding hydrogens is 506 g/mol. The van der Waals surface area contributed by atoms with E-state index in [1.165, 1.54) is 12.0 Å². The number of fused-ring (bicyclic) bond motifs is 1. The fraction of sp³-hybridized carbons (Fsp3) is 0.250. The third kappa shape index (κ3) is 4.40. The number of aryl methyl sites for hydroxylation is 1. The zero-order valence-electron chi connectivity index (χ0n) is 22.8. The molecule has 1 saturated heterocycles. The average Bonchev–Trinajstić information content (AvgIpc) is 3.52. The summed E-state index contributed by atoms with van der Waals surface area (Å²) >= 11 is 0. The lowest BCUT2D eigenvalue weighted by Crippen LogP contribution is -2.44. The van der Waals surface area contributed by atoms with Gasteiger partial charge < -0.3 is 24.1 Å². The van der Waals surface area contributed by atoms with Crippen LogP contribution in [0.1, 0.15) is 27.7 Å². The van der Waals surface area contributed by atoms with Crippen LogP contribution in [-0.4, -0.2) is 62.0 Å². The molecule has 6 rings (SSSR count). The maximum atomic E-state index is 14.0.